The fourth-order valence-electron chi connectivity index (χ4n) is 2.02. The normalized spacial score (nSPS) is 11.8. The highest BCUT2D eigenvalue weighted by Crippen LogP contribution is 2.23. The van der Waals surface area contributed by atoms with Crippen molar-refractivity contribution in [3.8, 4) is 11.4 Å². The Morgan fingerprint density at radius 1 is 1.36 bits per heavy atom. The number of nitrogens with one attached hydrogen (secondary N) is 1. The molecule has 22 heavy (non-hydrogen) atoms. The first-order valence-electron chi connectivity index (χ1n) is 6.67. The van der Waals surface area contributed by atoms with Crippen LogP contribution in [-0.4, -0.2) is 39.9 Å². The van der Waals surface area contributed by atoms with Gasteiger partial charge in [-0.25, -0.2) is 4.68 Å². The summed E-state index contributed by atoms with van der Waals surface area (Å²) in [6.45, 7) is 3.14. The number of methoxy groups -OCH3 is 1. The lowest BCUT2D eigenvalue weighted by molar-refractivity contribution is -0.138. The van der Waals surface area contributed by atoms with Gasteiger partial charge in [-0.2, -0.15) is 5.10 Å². The number of rotatable bonds is 5. The number of para-hydroxylation sites is 2. The van der Waals surface area contributed by atoms with Crippen LogP contribution in [0.4, 0.5) is 0 Å². The Bertz CT molecular complexity index is 709. The lowest BCUT2D eigenvalue weighted by Crippen LogP contribution is -2.38. The fraction of sp³-hybridized carbons (Fsp3) is 0.267. The zero-order chi connectivity index (χ0) is 16.3. The van der Waals surface area contributed by atoms with E-state index in [2.05, 4.69) is 10.4 Å². The molecule has 0 aliphatic carbocycles. The number of carbonyl (C=O) groups is 2. The quantitative estimate of drug-likeness (QED) is 0.870. The summed E-state index contributed by atoms with van der Waals surface area (Å²) in [4.78, 5) is 22.9. The number of nitrogens with zero attached hydrogens (tertiary/aromatic N) is 2. The van der Waals surface area contributed by atoms with Gasteiger partial charge in [-0.05, 0) is 26.0 Å². The molecule has 0 radical (unpaired) electrons. The number of carboxylic acid groups (broad SMARTS) is 1. The van der Waals surface area contributed by atoms with Gasteiger partial charge in [0.05, 0.1) is 24.6 Å². The summed E-state index contributed by atoms with van der Waals surface area (Å²) in [7, 11) is 1.56. The smallest absolute Gasteiger partial charge is 0.325 e. The molecule has 0 fully saturated rings. The van der Waals surface area contributed by atoms with E-state index in [1.807, 2.05) is 18.2 Å². The third-order valence-electron chi connectivity index (χ3n) is 3.29. The lowest BCUT2D eigenvalue weighted by Gasteiger charge is -2.11. The van der Waals surface area contributed by atoms with E-state index in [9.17, 15) is 9.59 Å². The Balaban J connectivity index is 2.34. The average molecular weight is 303 g/mol. The fourth-order valence-corrected chi connectivity index (χ4v) is 2.02. The first kappa shape index (κ1) is 15.6. The molecule has 0 aliphatic heterocycles. The van der Waals surface area contributed by atoms with Crippen molar-refractivity contribution in [1.82, 2.24) is 15.1 Å². The zero-order valence-electron chi connectivity index (χ0n) is 12.5. The number of benzene rings is 1. The lowest BCUT2D eigenvalue weighted by atomic mass is 10.2. The van der Waals surface area contributed by atoms with Gasteiger partial charge in [0.1, 0.15) is 17.5 Å². The van der Waals surface area contributed by atoms with E-state index >= 15 is 0 Å². The van der Waals surface area contributed by atoms with E-state index in [0.29, 0.717) is 22.7 Å². The van der Waals surface area contributed by atoms with Crippen molar-refractivity contribution < 1.29 is 19.4 Å². The van der Waals surface area contributed by atoms with Crippen LogP contribution in [0.5, 0.6) is 5.75 Å². The van der Waals surface area contributed by atoms with E-state index in [1.165, 1.54) is 13.1 Å². The van der Waals surface area contributed by atoms with Gasteiger partial charge in [0.25, 0.3) is 5.91 Å². The molecule has 0 unspecified atom stereocenters. The van der Waals surface area contributed by atoms with Gasteiger partial charge in [-0.1, -0.05) is 12.1 Å². The maximum absolute atomic E-state index is 12.1. The minimum Gasteiger partial charge on any atom is -0.494 e. The van der Waals surface area contributed by atoms with Gasteiger partial charge in [0.15, 0.2) is 0 Å². The first-order valence-corrected chi connectivity index (χ1v) is 6.67. The van der Waals surface area contributed by atoms with Crippen LogP contribution < -0.4 is 10.1 Å². The average Bonchev–Trinajstić information content (AvgIpc) is 2.88. The molecular formula is C15H17N3O4. The van der Waals surface area contributed by atoms with Gasteiger partial charge in [-0.3, -0.25) is 9.59 Å². The second-order valence-corrected chi connectivity index (χ2v) is 4.76. The summed E-state index contributed by atoms with van der Waals surface area (Å²) in [5.74, 6) is -0.948. The van der Waals surface area contributed by atoms with Crippen LogP contribution in [-0.2, 0) is 4.79 Å². The highest BCUT2D eigenvalue weighted by atomic mass is 16.5. The molecular weight excluding hydrogens is 286 g/mol. The molecule has 7 heteroatoms. The molecule has 2 aromatic rings. The highest BCUT2D eigenvalue weighted by Gasteiger charge is 2.20. The standard InChI is InChI=1S/C15H17N3O4/c1-9(15(20)21)17-14(19)11-8-16-18(10(11)2)12-6-4-5-7-13(12)22-3/h4-9H,1-3H3,(H,17,19)(H,20,21)/t9-/m0/s1. The first-order chi connectivity index (χ1) is 10.5. The van der Waals surface area contributed by atoms with Gasteiger partial charge in [-0.15, -0.1) is 0 Å². The van der Waals surface area contributed by atoms with Crippen molar-refractivity contribution in [2.75, 3.05) is 7.11 Å². The maximum Gasteiger partial charge on any atom is 0.325 e. The minimum atomic E-state index is -1.09. The number of carboxylic acids is 1. The number of hydrogen-bond donors (Lipinski definition) is 2. The van der Waals surface area contributed by atoms with Crippen LogP contribution in [0.1, 0.15) is 23.0 Å². The number of carbonyl (C=O) groups excluding carboxylic acids is 1. The Kier molecular flexibility index (Phi) is 4.45. The molecule has 0 aliphatic rings. The molecule has 116 valence electrons. The Labute approximate surface area is 127 Å². The second kappa shape index (κ2) is 6.30. The third kappa shape index (κ3) is 2.93. The SMILES string of the molecule is COc1ccccc1-n1ncc(C(=O)N[C@@H](C)C(=O)O)c1C. The predicted molar refractivity (Wildman–Crippen MR) is 79.4 cm³/mol. The van der Waals surface area contributed by atoms with E-state index in [0.717, 1.165) is 0 Å². The highest BCUT2D eigenvalue weighted by molar-refractivity contribution is 5.97. The van der Waals surface area contributed by atoms with Gasteiger partial charge < -0.3 is 15.2 Å². The summed E-state index contributed by atoms with van der Waals surface area (Å²) in [5.41, 5.74) is 1.62. The van der Waals surface area contributed by atoms with Crippen molar-refractivity contribution in [1.29, 1.82) is 0 Å². The van der Waals surface area contributed by atoms with Gasteiger partial charge >= 0.3 is 5.97 Å². The van der Waals surface area contributed by atoms with Crippen molar-refractivity contribution >= 4 is 11.9 Å². The summed E-state index contributed by atoms with van der Waals surface area (Å²) < 4.78 is 6.86. The van der Waals surface area contributed by atoms with Gasteiger partial charge in [0, 0.05) is 0 Å². The summed E-state index contributed by atoms with van der Waals surface area (Å²) in [5, 5.41) is 15.4. The molecule has 1 aromatic carbocycles. The molecule has 2 rings (SSSR count). The van der Waals surface area contributed by atoms with E-state index < -0.39 is 17.9 Å². The van der Waals surface area contributed by atoms with Crippen LogP contribution in [0, 0.1) is 6.92 Å². The largest absolute Gasteiger partial charge is 0.494 e. The monoisotopic (exact) mass is 303 g/mol. The van der Waals surface area contributed by atoms with E-state index in [-0.39, 0.29) is 0 Å². The molecule has 0 spiro atoms. The number of ether oxygens (including phenoxy) is 1. The Morgan fingerprint density at radius 3 is 2.68 bits per heavy atom. The molecule has 2 N–H and O–H groups in total. The molecule has 1 amide bonds. The molecule has 0 bridgehead atoms. The van der Waals surface area contributed by atoms with Crippen LogP contribution >= 0.6 is 0 Å². The number of aliphatic carboxylic acids is 1. The molecule has 0 saturated carbocycles. The second-order valence-electron chi connectivity index (χ2n) is 4.76. The van der Waals surface area contributed by atoms with Crippen LogP contribution in [0.15, 0.2) is 30.5 Å². The van der Waals surface area contributed by atoms with E-state index in [4.69, 9.17) is 9.84 Å². The summed E-state index contributed by atoms with van der Waals surface area (Å²) in [6.07, 6.45) is 1.41. The van der Waals surface area contributed by atoms with Crippen LogP contribution in [0.25, 0.3) is 5.69 Å². The van der Waals surface area contributed by atoms with Crippen molar-refractivity contribution in [3.05, 3.63) is 41.7 Å². The van der Waals surface area contributed by atoms with E-state index in [1.54, 1.807) is 24.8 Å². The van der Waals surface area contributed by atoms with Crippen molar-refractivity contribution in [2.24, 2.45) is 0 Å². The predicted octanol–water partition coefficient (Wildman–Crippen LogP) is 1.39. The number of aromatic nitrogens is 2. The molecule has 1 aromatic heterocycles. The summed E-state index contributed by atoms with van der Waals surface area (Å²) in [6, 6.07) is 6.32. The van der Waals surface area contributed by atoms with Crippen LogP contribution in [0.3, 0.4) is 0 Å². The zero-order valence-corrected chi connectivity index (χ0v) is 12.5. The number of hydrogen-bond acceptors (Lipinski definition) is 4. The third-order valence-corrected chi connectivity index (χ3v) is 3.29. The molecule has 0 saturated heterocycles. The van der Waals surface area contributed by atoms with Crippen LogP contribution in [0.2, 0.25) is 0 Å². The van der Waals surface area contributed by atoms with Crippen molar-refractivity contribution in [2.45, 2.75) is 19.9 Å². The summed E-state index contributed by atoms with van der Waals surface area (Å²) >= 11 is 0. The molecule has 7 nitrogen and oxygen atoms in total. The van der Waals surface area contributed by atoms with Crippen molar-refractivity contribution in [3.63, 3.8) is 0 Å². The molecule has 1 heterocycles. The minimum absolute atomic E-state index is 0.319. The topological polar surface area (TPSA) is 93.5 Å². The Morgan fingerprint density at radius 2 is 2.05 bits per heavy atom. The Hall–Kier alpha value is -2.83. The molecule has 1 atom stereocenters. The number of amides is 1. The maximum atomic E-state index is 12.1. The van der Waals surface area contributed by atoms with Gasteiger partial charge in [0.2, 0.25) is 0 Å².